The third-order valence-corrected chi connectivity index (χ3v) is 3.77. The quantitative estimate of drug-likeness (QED) is 0.739. The lowest BCUT2D eigenvalue weighted by atomic mass is 10.1. The molecule has 1 aliphatic heterocycles. The van der Waals surface area contributed by atoms with E-state index in [9.17, 15) is 14.4 Å². The summed E-state index contributed by atoms with van der Waals surface area (Å²) in [6.45, 7) is 3.68. The van der Waals surface area contributed by atoms with Crippen LogP contribution in [0.5, 0.6) is 0 Å². The maximum atomic E-state index is 12.0. The normalized spacial score (nSPS) is 16.1. The Bertz CT molecular complexity index is 657. The number of amides is 4. The van der Waals surface area contributed by atoms with E-state index in [0.29, 0.717) is 6.54 Å². The lowest BCUT2D eigenvalue weighted by Gasteiger charge is -2.17. The average Bonchev–Trinajstić information content (AvgIpc) is 2.71. The largest absolute Gasteiger partial charge is 0.362 e. The van der Waals surface area contributed by atoms with E-state index < -0.39 is 11.6 Å². The molecule has 4 amide bonds. The molecule has 8 nitrogen and oxygen atoms in total. The van der Waals surface area contributed by atoms with Gasteiger partial charge in [0.05, 0.1) is 0 Å². The molecule has 8 heteroatoms. The number of hydrogen-bond donors (Lipinski definition) is 2. The van der Waals surface area contributed by atoms with Crippen LogP contribution < -0.4 is 15.5 Å². The number of pyridine rings is 1. The maximum absolute atomic E-state index is 12.0. The molecule has 0 atom stereocenters. The Morgan fingerprint density at radius 3 is 2.67 bits per heavy atom. The van der Waals surface area contributed by atoms with Crippen molar-refractivity contribution in [3.05, 3.63) is 23.9 Å². The van der Waals surface area contributed by atoms with Gasteiger partial charge >= 0.3 is 6.03 Å². The molecule has 0 bridgehead atoms. The van der Waals surface area contributed by atoms with Crippen LogP contribution in [0.4, 0.5) is 10.6 Å². The van der Waals surface area contributed by atoms with Crippen LogP contribution in [-0.4, -0.2) is 53.9 Å². The number of imide groups is 1. The van der Waals surface area contributed by atoms with E-state index in [1.165, 1.54) is 0 Å². The van der Waals surface area contributed by atoms with Gasteiger partial charge < -0.3 is 15.5 Å². The molecule has 1 aromatic rings. The molecule has 0 aliphatic carbocycles. The van der Waals surface area contributed by atoms with Crippen LogP contribution in [0, 0.1) is 0 Å². The summed E-state index contributed by atoms with van der Waals surface area (Å²) < 4.78 is 0. The first-order chi connectivity index (χ1) is 11.2. The maximum Gasteiger partial charge on any atom is 0.325 e. The second-order valence-electron chi connectivity index (χ2n) is 6.42. The van der Waals surface area contributed by atoms with E-state index in [2.05, 4.69) is 15.6 Å². The van der Waals surface area contributed by atoms with E-state index in [1.54, 1.807) is 20.0 Å². The first-order valence-electron chi connectivity index (χ1n) is 7.74. The summed E-state index contributed by atoms with van der Waals surface area (Å²) in [5.74, 6) is 0.241. The standard InChI is InChI=1S/C16H23N5O3/c1-16(2)14(23)21(15(24)19-16)9-7-12(22)18-10-11-6-5-8-17-13(11)20(3)4/h5-6,8H,7,9-10H2,1-4H3,(H,18,22)(H,19,24). The Morgan fingerprint density at radius 1 is 1.38 bits per heavy atom. The molecule has 1 saturated heterocycles. The van der Waals surface area contributed by atoms with Crippen LogP contribution in [0.3, 0.4) is 0 Å². The first-order valence-corrected chi connectivity index (χ1v) is 7.74. The summed E-state index contributed by atoms with van der Waals surface area (Å²) in [5, 5.41) is 5.38. The lowest BCUT2D eigenvalue weighted by molar-refractivity contribution is -0.130. The molecule has 0 unspecified atom stereocenters. The number of aromatic nitrogens is 1. The zero-order valence-electron chi connectivity index (χ0n) is 14.4. The minimum absolute atomic E-state index is 0.0623. The number of nitrogens with zero attached hydrogens (tertiary/aromatic N) is 3. The van der Waals surface area contributed by atoms with Crippen LogP contribution >= 0.6 is 0 Å². The molecular weight excluding hydrogens is 310 g/mol. The summed E-state index contributed by atoms with van der Waals surface area (Å²) >= 11 is 0. The van der Waals surface area contributed by atoms with E-state index in [-0.39, 0.29) is 24.8 Å². The Balaban J connectivity index is 1.87. The van der Waals surface area contributed by atoms with Crippen LogP contribution in [0.1, 0.15) is 25.8 Å². The minimum Gasteiger partial charge on any atom is -0.362 e. The smallest absolute Gasteiger partial charge is 0.325 e. The second-order valence-corrected chi connectivity index (χ2v) is 6.42. The van der Waals surface area contributed by atoms with E-state index in [4.69, 9.17) is 0 Å². The fraction of sp³-hybridized carbons (Fsp3) is 0.500. The zero-order valence-corrected chi connectivity index (χ0v) is 14.4. The number of nitrogens with one attached hydrogen (secondary N) is 2. The molecular formula is C16H23N5O3. The Morgan fingerprint density at radius 2 is 2.08 bits per heavy atom. The number of rotatable bonds is 6. The van der Waals surface area contributed by atoms with Crippen molar-refractivity contribution in [3.63, 3.8) is 0 Å². The highest BCUT2D eigenvalue weighted by molar-refractivity contribution is 6.06. The van der Waals surface area contributed by atoms with Gasteiger partial charge in [-0.1, -0.05) is 6.07 Å². The van der Waals surface area contributed by atoms with Gasteiger partial charge in [-0.05, 0) is 19.9 Å². The van der Waals surface area contributed by atoms with Gasteiger partial charge in [0.1, 0.15) is 11.4 Å². The average molecular weight is 333 g/mol. The number of hydrogen-bond acceptors (Lipinski definition) is 5. The first kappa shape index (κ1) is 17.7. The van der Waals surface area contributed by atoms with Gasteiger partial charge in [-0.2, -0.15) is 0 Å². The fourth-order valence-corrected chi connectivity index (χ4v) is 2.49. The van der Waals surface area contributed by atoms with Gasteiger partial charge in [-0.25, -0.2) is 9.78 Å². The fourth-order valence-electron chi connectivity index (χ4n) is 2.49. The molecule has 0 saturated carbocycles. The number of carbonyl (C=O) groups excluding carboxylic acids is 3. The van der Waals surface area contributed by atoms with Crippen molar-refractivity contribution < 1.29 is 14.4 Å². The number of anilines is 1. The van der Waals surface area contributed by atoms with Crippen molar-refractivity contribution >= 4 is 23.7 Å². The van der Waals surface area contributed by atoms with Gasteiger partial charge in [-0.15, -0.1) is 0 Å². The highest BCUT2D eigenvalue weighted by Gasteiger charge is 2.43. The Kier molecular flexibility index (Phi) is 5.06. The van der Waals surface area contributed by atoms with Crippen molar-refractivity contribution in [2.45, 2.75) is 32.4 Å². The SMILES string of the molecule is CN(C)c1ncccc1CNC(=O)CCN1C(=O)NC(C)(C)C1=O. The van der Waals surface area contributed by atoms with Crippen molar-refractivity contribution in [2.24, 2.45) is 0 Å². The Hall–Kier alpha value is -2.64. The zero-order chi connectivity index (χ0) is 17.9. The minimum atomic E-state index is -0.913. The van der Waals surface area contributed by atoms with Gasteiger partial charge in [-0.3, -0.25) is 14.5 Å². The molecule has 1 fully saturated rings. The van der Waals surface area contributed by atoms with Crippen LogP contribution in [0.2, 0.25) is 0 Å². The van der Waals surface area contributed by atoms with Crippen LogP contribution in [-0.2, 0) is 16.1 Å². The Labute approximate surface area is 141 Å². The van der Waals surface area contributed by atoms with Gasteiger partial charge in [0.2, 0.25) is 5.91 Å². The molecule has 2 rings (SSSR count). The molecule has 2 heterocycles. The van der Waals surface area contributed by atoms with Crippen LogP contribution in [0.15, 0.2) is 18.3 Å². The monoisotopic (exact) mass is 333 g/mol. The molecule has 2 N–H and O–H groups in total. The van der Waals surface area contributed by atoms with Crippen molar-refractivity contribution in [1.82, 2.24) is 20.5 Å². The van der Waals surface area contributed by atoms with E-state index in [1.807, 2.05) is 31.1 Å². The predicted octanol–water partition coefficient (Wildman–Crippen LogP) is 0.484. The molecule has 0 aromatic carbocycles. The van der Waals surface area contributed by atoms with Crippen molar-refractivity contribution in [1.29, 1.82) is 0 Å². The number of carbonyl (C=O) groups is 3. The van der Waals surface area contributed by atoms with E-state index >= 15 is 0 Å². The summed E-state index contributed by atoms with van der Waals surface area (Å²) in [6.07, 6.45) is 1.76. The highest BCUT2D eigenvalue weighted by Crippen LogP contribution is 2.17. The van der Waals surface area contributed by atoms with Crippen molar-refractivity contribution in [3.8, 4) is 0 Å². The summed E-state index contributed by atoms with van der Waals surface area (Å²) in [5.41, 5.74) is -0.0175. The van der Waals surface area contributed by atoms with E-state index in [0.717, 1.165) is 16.3 Å². The summed E-state index contributed by atoms with van der Waals surface area (Å²) in [4.78, 5) is 43.0. The molecule has 130 valence electrons. The molecule has 1 aliphatic rings. The highest BCUT2D eigenvalue weighted by atomic mass is 16.2. The molecule has 0 spiro atoms. The number of urea groups is 1. The summed E-state index contributed by atoms with van der Waals surface area (Å²) in [6, 6.07) is 3.24. The third-order valence-electron chi connectivity index (χ3n) is 3.77. The lowest BCUT2D eigenvalue weighted by Crippen LogP contribution is -2.40. The third kappa shape index (κ3) is 3.81. The summed E-state index contributed by atoms with van der Waals surface area (Å²) in [7, 11) is 3.76. The van der Waals surface area contributed by atoms with Gasteiger partial charge in [0.25, 0.3) is 5.91 Å². The van der Waals surface area contributed by atoms with Crippen LogP contribution in [0.25, 0.3) is 0 Å². The van der Waals surface area contributed by atoms with Gasteiger partial charge in [0.15, 0.2) is 0 Å². The molecule has 24 heavy (non-hydrogen) atoms. The topological polar surface area (TPSA) is 94.6 Å². The van der Waals surface area contributed by atoms with Crippen molar-refractivity contribution in [2.75, 3.05) is 25.5 Å². The molecule has 0 radical (unpaired) electrons. The molecule has 1 aromatic heterocycles. The predicted molar refractivity (Wildman–Crippen MR) is 89.4 cm³/mol. The second kappa shape index (κ2) is 6.86. The van der Waals surface area contributed by atoms with Gasteiger partial charge in [0, 0.05) is 45.4 Å².